The summed E-state index contributed by atoms with van der Waals surface area (Å²) < 4.78 is 12.7. The molecule has 0 aliphatic carbocycles. The van der Waals surface area contributed by atoms with E-state index in [1.807, 2.05) is 53.9 Å². The topological polar surface area (TPSA) is 77.8 Å². The van der Waals surface area contributed by atoms with Gasteiger partial charge in [-0.2, -0.15) is 4.98 Å². The molecular weight excluding hydrogens is 400 g/mol. The minimum atomic E-state index is -0.315. The van der Waals surface area contributed by atoms with Crippen LogP contribution in [-0.2, 0) is 11.2 Å². The number of nitrogens with zero attached hydrogens (tertiary/aromatic N) is 3. The van der Waals surface area contributed by atoms with Crippen LogP contribution >= 0.6 is 11.3 Å². The van der Waals surface area contributed by atoms with Crippen molar-refractivity contribution in [3.8, 4) is 22.8 Å². The van der Waals surface area contributed by atoms with Gasteiger partial charge in [-0.25, -0.2) is 4.52 Å². The number of anilines is 1. The lowest BCUT2D eigenvalue weighted by Crippen LogP contribution is -2.21. The summed E-state index contributed by atoms with van der Waals surface area (Å²) in [5, 5.41) is 9.08. The molecule has 8 heteroatoms. The first-order chi connectivity index (χ1) is 14.7. The molecule has 0 aliphatic rings. The van der Waals surface area contributed by atoms with Crippen LogP contribution in [0.15, 0.2) is 53.9 Å². The molecule has 1 N–H and O–H groups in total. The second-order valence-electron chi connectivity index (χ2n) is 6.68. The zero-order valence-corrected chi connectivity index (χ0v) is 17.6. The number of carbonyl (C=O) groups excluding carboxylic acids is 1. The normalized spacial score (nSPS) is 10.9. The number of hydrogen-bond acceptors (Lipinski definition) is 6. The highest BCUT2D eigenvalue weighted by molar-refractivity contribution is 7.15. The number of amides is 1. The number of ether oxygens (including phenoxy) is 2. The summed E-state index contributed by atoms with van der Waals surface area (Å²) >= 11 is 1.44. The maximum atomic E-state index is 12.3. The van der Waals surface area contributed by atoms with Crippen molar-refractivity contribution in [2.24, 2.45) is 0 Å². The number of thiazole rings is 1. The molecule has 154 valence electrons. The molecule has 7 nitrogen and oxygen atoms in total. The predicted octanol–water partition coefficient (Wildman–Crippen LogP) is 4.44. The van der Waals surface area contributed by atoms with Crippen LogP contribution < -0.4 is 14.8 Å². The number of carbonyl (C=O) groups is 1. The second-order valence-corrected chi connectivity index (χ2v) is 7.52. The first kappa shape index (κ1) is 19.9. The van der Waals surface area contributed by atoms with Gasteiger partial charge in [0.2, 0.25) is 4.96 Å². The van der Waals surface area contributed by atoms with Gasteiger partial charge in [-0.15, -0.1) is 16.4 Å². The Labute approximate surface area is 178 Å². The Bertz CT molecular complexity index is 1150. The maximum Gasteiger partial charge on any atom is 0.264 e. The molecule has 0 radical (unpaired) electrons. The van der Waals surface area contributed by atoms with Crippen LogP contribution in [0.5, 0.6) is 11.5 Å². The molecule has 0 saturated carbocycles. The molecular formula is C22H22N4O3S. The second kappa shape index (κ2) is 8.96. The van der Waals surface area contributed by atoms with Crippen molar-refractivity contribution in [3.63, 3.8) is 0 Å². The fourth-order valence-corrected chi connectivity index (χ4v) is 3.95. The van der Waals surface area contributed by atoms with E-state index in [1.165, 1.54) is 16.9 Å². The Balaban J connectivity index is 1.43. The molecule has 0 aliphatic heterocycles. The SMILES string of the molecule is CCCc1ccc(OCC(=O)Nc2nc3scc(-c4ccccc4OC)n3n2)cc1. The van der Waals surface area contributed by atoms with E-state index in [9.17, 15) is 4.79 Å². The van der Waals surface area contributed by atoms with Gasteiger partial charge in [0.05, 0.1) is 12.8 Å². The van der Waals surface area contributed by atoms with Crippen molar-refractivity contribution in [2.45, 2.75) is 19.8 Å². The van der Waals surface area contributed by atoms with E-state index in [0.29, 0.717) is 10.7 Å². The van der Waals surface area contributed by atoms with E-state index in [4.69, 9.17) is 9.47 Å². The molecule has 4 aromatic rings. The first-order valence-electron chi connectivity index (χ1n) is 9.67. The molecule has 0 fully saturated rings. The lowest BCUT2D eigenvalue weighted by Gasteiger charge is -2.07. The molecule has 0 saturated heterocycles. The average Bonchev–Trinajstić information content (AvgIpc) is 3.33. The first-order valence-corrected chi connectivity index (χ1v) is 10.5. The van der Waals surface area contributed by atoms with Gasteiger partial charge in [0.15, 0.2) is 6.61 Å². The average molecular weight is 423 g/mol. The van der Waals surface area contributed by atoms with Crippen molar-refractivity contribution >= 4 is 28.2 Å². The zero-order chi connectivity index (χ0) is 20.9. The summed E-state index contributed by atoms with van der Waals surface area (Å²) in [5.41, 5.74) is 3.01. The highest BCUT2D eigenvalue weighted by Crippen LogP contribution is 2.32. The number of para-hydroxylation sites is 1. The number of nitrogens with one attached hydrogen (secondary N) is 1. The smallest absolute Gasteiger partial charge is 0.264 e. The third kappa shape index (κ3) is 4.28. The van der Waals surface area contributed by atoms with E-state index in [1.54, 1.807) is 11.6 Å². The predicted molar refractivity (Wildman–Crippen MR) is 117 cm³/mol. The van der Waals surface area contributed by atoms with Crippen molar-refractivity contribution in [2.75, 3.05) is 19.0 Å². The Morgan fingerprint density at radius 1 is 1.17 bits per heavy atom. The van der Waals surface area contributed by atoms with Crippen molar-refractivity contribution in [3.05, 3.63) is 59.5 Å². The van der Waals surface area contributed by atoms with Gasteiger partial charge in [0, 0.05) is 10.9 Å². The van der Waals surface area contributed by atoms with Crippen LogP contribution in [0.2, 0.25) is 0 Å². The molecule has 4 rings (SSSR count). The van der Waals surface area contributed by atoms with Gasteiger partial charge in [0.1, 0.15) is 11.5 Å². The van der Waals surface area contributed by atoms with Gasteiger partial charge in [-0.05, 0) is 36.2 Å². The Kier molecular flexibility index (Phi) is 5.94. The minimum absolute atomic E-state index is 0.112. The monoisotopic (exact) mass is 422 g/mol. The third-order valence-corrected chi connectivity index (χ3v) is 5.36. The number of aryl methyl sites for hydroxylation is 1. The number of benzene rings is 2. The van der Waals surface area contributed by atoms with Crippen LogP contribution in [0.25, 0.3) is 16.2 Å². The molecule has 0 spiro atoms. The van der Waals surface area contributed by atoms with Gasteiger partial charge < -0.3 is 9.47 Å². The summed E-state index contributed by atoms with van der Waals surface area (Å²) in [6.45, 7) is 2.03. The Morgan fingerprint density at radius 2 is 1.97 bits per heavy atom. The van der Waals surface area contributed by atoms with Crippen LogP contribution in [0, 0.1) is 0 Å². The minimum Gasteiger partial charge on any atom is -0.496 e. The standard InChI is InChI=1S/C22H22N4O3S/c1-3-6-15-9-11-16(12-10-15)29-13-20(27)23-21-24-22-26(25-21)18(14-30-22)17-7-4-5-8-19(17)28-2/h4-5,7-12,14H,3,6,13H2,1-2H3,(H,23,25,27). The van der Waals surface area contributed by atoms with Crippen LogP contribution in [0.4, 0.5) is 5.95 Å². The molecule has 0 atom stereocenters. The van der Waals surface area contributed by atoms with E-state index < -0.39 is 0 Å². The largest absolute Gasteiger partial charge is 0.496 e. The van der Waals surface area contributed by atoms with Crippen LogP contribution in [0.3, 0.4) is 0 Å². The number of fused-ring (bicyclic) bond motifs is 1. The molecule has 1 amide bonds. The molecule has 30 heavy (non-hydrogen) atoms. The number of rotatable bonds is 8. The highest BCUT2D eigenvalue weighted by Gasteiger charge is 2.16. The lowest BCUT2D eigenvalue weighted by molar-refractivity contribution is -0.118. The maximum absolute atomic E-state index is 12.3. The van der Waals surface area contributed by atoms with Crippen LogP contribution in [0.1, 0.15) is 18.9 Å². The summed E-state index contributed by atoms with van der Waals surface area (Å²) in [4.78, 5) is 17.3. The van der Waals surface area contributed by atoms with E-state index in [2.05, 4.69) is 22.3 Å². The van der Waals surface area contributed by atoms with Gasteiger partial charge in [0.25, 0.3) is 11.9 Å². The number of hydrogen-bond donors (Lipinski definition) is 1. The summed E-state index contributed by atoms with van der Waals surface area (Å²) in [6, 6.07) is 15.5. The quantitative estimate of drug-likeness (QED) is 0.454. The Morgan fingerprint density at radius 3 is 2.73 bits per heavy atom. The summed E-state index contributed by atoms with van der Waals surface area (Å²) in [6.07, 6.45) is 2.12. The van der Waals surface area contributed by atoms with Crippen molar-refractivity contribution in [1.82, 2.24) is 14.6 Å². The summed E-state index contributed by atoms with van der Waals surface area (Å²) in [5.74, 6) is 1.33. The fraction of sp³-hybridized carbons (Fsp3) is 0.227. The van der Waals surface area contributed by atoms with E-state index in [0.717, 1.165) is 29.8 Å². The molecule has 2 aromatic heterocycles. The lowest BCUT2D eigenvalue weighted by atomic mass is 10.1. The number of methoxy groups -OCH3 is 1. The van der Waals surface area contributed by atoms with Gasteiger partial charge in [-0.3, -0.25) is 10.1 Å². The van der Waals surface area contributed by atoms with Gasteiger partial charge in [-0.1, -0.05) is 37.6 Å². The zero-order valence-electron chi connectivity index (χ0n) is 16.8. The summed E-state index contributed by atoms with van der Waals surface area (Å²) in [7, 11) is 1.63. The third-order valence-electron chi connectivity index (χ3n) is 4.55. The van der Waals surface area contributed by atoms with Crippen molar-refractivity contribution in [1.29, 1.82) is 0 Å². The molecule has 0 unspecified atom stereocenters. The molecule has 2 aromatic carbocycles. The van der Waals surface area contributed by atoms with Crippen molar-refractivity contribution < 1.29 is 14.3 Å². The highest BCUT2D eigenvalue weighted by atomic mass is 32.1. The molecule has 2 heterocycles. The van der Waals surface area contributed by atoms with E-state index in [-0.39, 0.29) is 18.5 Å². The Hall–Kier alpha value is -3.39. The van der Waals surface area contributed by atoms with E-state index >= 15 is 0 Å². The number of aromatic nitrogens is 3. The van der Waals surface area contributed by atoms with Gasteiger partial charge >= 0.3 is 0 Å². The molecule has 0 bridgehead atoms. The fourth-order valence-electron chi connectivity index (χ4n) is 3.13. The van der Waals surface area contributed by atoms with Crippen LogP contribution in [-0.4, -0.2) is 34.2 Å².